The lowest BCUT2D eigenvalue weighted by Gasteiger charge is -1.97. The van der Waals surface area contributed by atoms with Gasteiger partial charge in [-0.25, -0.2) is 4.99 Å². The van der Waals surface area contributed by atoms with E-state index in [4.69, 9.17) is 4.74 Å². The minimum Gasteiger partial charge on any atom is -0.362 e. The summed E-state index contributed by atoms with van der Waals surface area (Å²) < 4.78 is 4.74. The highest BCUT2D eigenvalue weighted by Gasteiger charge is 2.07. The first-order valence-electron chi connectivity index (χ1n) is 1.99. The molecule has 0 aromatic rings. The normalized spacial score (nSPS) is 27.9. The molecule has 0 bridgehead atoms. The maximum Gasteiger partial charge on any atom is 0.177 e. The molecule has 0 aromatic carbocycles. The molecule has 0 amide bonds. The van der Waals surface area contributed by atoms with Gasteiger partial charge in [-0.1, -0.05) is 0 Å². The van der Waals surface area contributed by atoms with Gasteiger partial charge in [0, 0.05) is 7.11 Å². The Hall–Kier alpha value is -0.570. The van der Waals surface area contributed by atoms with Crippen LogP contribution in [-0.4, -0.2) is 19.7 Å². The van der Waals surface area contributed by atoms with Gasteiger partial charge in [-0.15, -0.1) is 0 Å². The molecule has 3 nitrogen and oxygen atoms in total. The van der Waals surface area contributed by atoms with Crippen molar-refractivity contribution in [2.75, 3.05) is 7.11 Å². The molecular formula is C4H6N2O. The number of aliphatic imine (C=N–C) groups is 1. The molecule has 2 radical (unpaired) electrons. The second-order valence-corrected chi connectivity index (χ2v) is 1.15. The third-order valence-electron chi connectivity index (χ3n) is 0.705. The van der Waals surface area contributed by atoms with Crippen molar-refractivity contribution in [2.45, 2.75) is 6.23 Å². The van der Waals surface area contributed by atoms with E-state index < -0.39 is 0 Å². The highest BCUT2D eigenvalue weighted by Crippen LogP contribution is 1.96. The zero-order valence-corrected chi connectivity index (χ0v) is 4.01. The zero-order chi connectivity index (χ0) is 5.11. The largest absolute Gasteiger partial charge is 0.362 e. The number of hydrogen-bond donors (Lipinski definition) is 1. The van der Waals surface area contributed by atoms with Gasteiger partial charge in [-0.2, -0.15) is 0 Å². The predicted octanol–water partition coefficient (Wildman–Crippen LogP) is -0.371. The van der Waals surface area contributed by atoms with Gasteiger partial charge >= 0.3 is 0 Å². The summed E-state index contributed by atoms with van der Waals surface area (Å²) in [5.74, 6) is 0. The summed E-state index contributed by atoms with van der Waals surface area (Å²) in [6.45, 7) is 2.71. The molecular weight excluding hydrogens is 92.1 g/mol. The predicted molar refractivity (Wildman–Crippen MR) is 25.7 cm³/mol. The van der Waals surface area contributed by atoms with Crippen LogP contribution in [0.3, 0.4) is 0 Å². The highest BCUT2D eigenvalue weighted by molar-refractivity contribution is 5.58. The van der Waals surface area contributed by atoms with Gasteiger partial charge in [0.05, 0.1) is 6.34 Å². The minimum absolute atomic E-state index is 0.194. The molecule has 1 aliphatic heterocycles. The van der Waals surface area contributed by atoms with Gasteiger partial charge in [-0.05, 0) is 0 Å². The van der Waals surface area contributed by atoms with Crippen LogP contribution in [0.2, 0.25) is 0 Å². The molecule has 0 aromatic heterocycles. The Bertz CT molecular complexity index is 81.8. The van der Waals surface area contributed by atoms with Gasteiger partial charge in [0.25, 0.3) is 0 Å². The van der Waals surface area contributed by atoms with Crippen molar-refractivity contribution in [1.29, 1.82) is 0 Å². The van der Waals surface area contributed by atoms with E-state index >= 15 is 0 Å². The van der Waals surface area contributed by atoms with Gasteiger partial charge in [-0.3, -0.25) is 0 Å². The number of methoxy groups -OCH3 is 1. The molecule has 0 fully saturated rings. The van der Waals surface area contributed by atoms with Crippen molar-refractivity contribution in [3.05, 3.63) is 6.54 Å². The van der Waals surface area contributed by atoms with E-state index in [-0.39, 0.29) is 6.23 Å². The first-order valence-corrected chi connectivity index (χ1v) is 1.99. The van der Waals surface area contributed by atoms with Gasteiger partial charge in [0.15, 0.2) is 6.23 Å². The summed E-state index contributed by atoms with van der Waals surface area (Å²) in [6.07, 6.45) is 1.36. The first kappa shape index (κ1) is 4.59. The van der Waals surface area contributed by atoms with E-state index in [0.717, 1.165) is 0 Å². The third-order valence-corrected chi connectivity index (χ3v) is 0.705. The van der Waals surface area contributed by atoms with Crippen molar-refractivity contribution in [3.63, 3.8) is 0 Å². The lowest BCUT2D eigenvalue weighted by molar-refractivity contribution is 0.138. The molecule has 0 saturated carbocycles. The Labute approximate surface area is 42.4 Å². The van der Waals surface area contributed by atoms with E-state index in [0.29, 0.717) is 0 Å². The maximum atomic E-state index is 4.74. The van der Waals surface area contributed by atoms with Crippen molar-refractivity contribution in [2.24, 2.45) is 4.99 Å². The molecule has 1 aliphatic rings. The summed E-state index contributed by atoms with van der Waals surface area (Å²) in [5, 5.41) is 2.66. The Kier molecular flexibility index (Phi) is 1.26. The number of rotatable bonds is 1. The van der Waals surface area contributed by atoms with Crippen LogP contribution in [0, 0.1) is 6.54 Å². The van der Waals surface area contributed by atoms with Crippen molar-refractivity contribution in [1.82, 2.24) is 5.32 Å². The van der Waals surface area contributed by atoms with Crippen LogP contribution in [0.25, 0.3) is 0 Å². The Morgan fingerprint density at radius 3 is 3.14 bits per heavy atom. The quantitative estimate of drug-likeness (QED) is 0.485. The zero-order valence-electron chi connectivity index (χ0n) is 4.01. The third kappa shape index (κ3) is 0.899. The maximum absolute atomic E-state index is 4.74. The number of nitrogens with zero attached hydrogens (tertiary/aromatic N) is 1. The topological polar surface area (TPSA) is 33.6 Å². The molecule has 38 valence electrons. The smallest absolute Gasteiger partial charge is 0.177 e. The Morgan fingerprint density at radius 2 is 2.86 bits per heavy atom. The van der Waals surface area contributed by atoms with Gasteiger partial charge in [0.2, 0.25) is 0 Å². The average molecular weight is 98.1 g/mol. The van der Waals surface area contributed by atoms with E-state index in [1.54, 1.807) is 13.4 Å². The molecule has 1 N–H and O–H groups in total. The molecule has 3 heteroatoms. The number of hydrogen-bond acceptors (Lipinski definition) is 3. The summed E-state index contributed by atoms with van der Waals surface area (Å²) in [7, 11) is 1.59. The molecule has 1 heterocycles. The van der Waals surface area contributed by atoms with Crippen LogP contribution < -0.4 is 5.32 Å². The van der Waals surface area contributed by atoms with E-state index in [2.05, 4.69) is 16.9 Å². The lowest BCUT2D eigenvalue weighted by atomic mass is 10.6. The minimum atomic E-state index is -0.194. The SMILES string of the molecule is COC1[C]NC=N1. The van der Waals surface area contributed by atoms with Crippen LogP contribution in [0.1, 0.15) is 0 Å². The molecule has 1 rings (SSSR count). The number of ether oxygens (including phenoxy) is 1. The molecule has 1 unspecified atom stereocenters. The van der Waals surface area contributed by atoms with Crippen molar-refractivity contribution in [3.8, 4) is 0 Å². The Morgan fingerprint density at radius 1 is 2.00 bits per heavy atom. The van der Waals surface area contributed by atoms with Crippen LogP contribution >= 0.6 is 0 Å². The van der Waals surface area contributed by atoms with Crippen LogP contribution in [0.5, 0.6) is 0 Å². The summed E-state index contributed by atoms with van der Waals surface area (Å²) in [6, 6.07) is 0. The van der Waals surface area contributed by atoms with Crippen LogP contribution in [0.4, 0.5) is 0 Å². The van der Waals surface area contributed by atoms with Crippen LogP contribution in [-0.2, 0) is 4.74 Å². The Balaban J connectivity index is 2.28. The fraction of sp³-hybridized carbons (Fsp3) is 0.500. The standard InChI is InChI=1S/C4H6N2O/c1-7-4-2-5-3-6-4/h3-4H,1H3,(H,5,6). The summed E-state index contributed by atoms with van der Waals surface area (Å²) in [5.41, 5.74) is 0. The monoisotopic (exact) mass is 98.0 g/mol. The van der Waals surface area contributed by atoms with E-state index in [1.807, 2.05) is 0 Å². The first-order chi connectivity index (χ1) is 3.43. The lowest BCUT2D eigenvalue weighted by Crippen LogP contribution is -2.09. The fourth-order valence-corrected chi connectivity index (χ4v) is 0.371. The van der Waals surface area contributed by atoms with E-state index in [1.165, 1.54) is 0 Å². The van der Waals surface area contributed by atoms with Gasteiger partial charge in [0.1, 0.15) is 6.54 Å². The molecule has 1 atom stereocenters. The molecule has 7 heavy (non-hydrogen) atoms. The summed E-state index contributed by atoms with van der Waals surface area (Å²) in [4.78, 5) is 3.78. The fourth-order valence-electron chi connectivity index (χ4n) is 0.371. The number of nitrogens with one attached hydrogen (secondary N) is 1. The van der Waals surface area contributed by atoms with Crippen LogP contribution in [0.15, 0.2) is 4.99 Å². The van der Waals surface area contributed by atoms with Gasteiger partial charge < -0.3 is 10.1 Å². The highest BCUT2D eigenvalue weighted by atomic mass is 16.5. The average Bonchev–Trinajstić information content (AvgIpc) is 2.14. The molecule has 0 spiro atoms. The van der Waals surface area contributed by atoms with Crippen molar-refractivity contribution >= 4 is 6.34 Å². The van der Waals surface area contributed by atoms with Crippen molar-refractivity contribution < 1.29 is 4.74 Å². The second kappa shape index (κ2) is 1.93. The molecule has 0 aliphatic carbocycles. The second-order valence-electron chi connectivity index (χ2n) is 1.15. The molecule has 0 saturated heterocycles. The van der Waals surface area contributed by atoms with E-state index in [9.17, 15) is 0 Å². The summed E-state index contributed by atoms with van der Waals surface area (Å²) >= 11 is 0.